The number of ether oxygens (including phenoxy) is 1. The molecule has 0 spiro atoms. The first kappa shape index (κ1) is 19.3. The van der Waals surface area contributed by atoms with Crippen LogP contribution in [0.15, 0.2) is 54.6 Å². The van der Waals surface area contributed by atoms with E-state index in [1.54, 1.807) is 29.2 Å². The standard InChI is InChI=1S/C20H25N3O3/c1-3-23(15-16-8-6-5-7-9-16)19(24)14-21-20(25)22-17-10-12-18(13-11-17)26-4-2/h5-13H,3-4,14-15H2,1-2H3,(H2,21,22,25). The van der Waals surface area contributed by atoms with Gasteiger partial charge in [0, 0.05) is 18.8 Å². The number of likely N-dealkylation sites (N-methyl/N-ethyl adjacent to an activating group) is 1. The molecule has 0 aliphatic heterocycles. The lowest BCUT2D eigenvalue weighted by Gasteiger charge is -2.21. The van der Waals surface area contributed by atoms with E-state index in [4.69, 9.17) is 4.74 Å². The van der Waals surface area contributed by atoms with Crippen LogP contribution in [0, 0.1) is 0 Å². The average Bonchev–Trinajstić information content (AvgIpc) is 2.67. The highest BCUT2D eigenvalue weighted by Gasteiger charge is 2.13. The molecule has 3 amide bonds. The molecular weight excluding hydrogens is 330 g/mol. The molecule has 0 fully saturated rings. The van der Waals surface area contributed by atoms with E-state index < -0.39 is 6.03 Å². The van der Waals surface area contributed by atoms with Crippen LogP contribution >= 0.6 is 0 Å². The number of nitrogens with one attached hydrogen (secondary N) is 2. The van der Waals surface area contributed by atoms with Gasteiger partial charge >= 0.3 is 6.03 Å². The molecule has 2 rings (SSSR count). The van der Waals surface area contributed by atoms with Crippen molar-refractivity contribution in [3.8, 4) is 5.75 Å². The Bertz CT molecular complexity index is 702. The molecule has 0 saturated carbocycles. The van der Waals surface area contributed by atoms with Crippen molar-refractivity contribution in [3.05, 3.63) is 60.2 Å². The molecule has 2 N–H and O–H groups in total. The first-order valence-corrected chi connectivity index (χ1v) is 8.71. The third-order valence-electron chi connectivity index (χ3n) is 3.77. The number of benzene rings is 2. The maximum atomic E-state index is 12.3. The molecule has 0 atom stereocenters. The summed E-state index contributed by atoms with van der Waals surface area (Å²) in [6.07, 6.45) is 0. The van der Waals surface area contributed by atoms with E-state index in [1.165, 1.54) is 0 Å². The van der Waals surface area contributed by atoms with Gasteiger partial charge in [0.25, 0.3) is 0 Å². The highest BCUT2D eigenvalue weighted by atomic mass is 16.5. The van der Waals surface area contributed by atoms with Crippen LogP contribution in [0.4, 0.5) is 10.5 Å². The Balaban J connectivity index is 1.80. The number of amides is 3. The fourth-order valence-corrected chi connectivity index (χ4v) is 2.42. The van der Waals surface area contributed by atoms with Crippen molar-refractivity contribution in [1.29, 1.82) is 0 Å². The number of carbonyl (C=O) groups is 2. The molecule has 0 aliphatic carbocycles. The molecule has 0 heterocycles. The molecule has 0 aliphatic rings. The number of anilines is 1. The van der Waals surface area contributed by atoms with Crippen LogP contribution in [0.25, 0.3) is 0 Å². The lowest BCUT2D eigenvalue weighted by molar-refractivity contribution is -0.130. The molecule has 2 aromatic carbocycles. The first-order chi connectivity index (χ1) is 12.6. The van der Waals surface area contributed by atoms with Crippen molar-refractivity contribution in [2.45, 2.75) is 20.4 Å². The minimum absolute atomic E-state index is 0.0520. The second-order valence-electron chi connectivity index (χ2n) is 5.66. The normalized spacial score (nSPS) is 10.1. The zero-order chi connectivity index (χ0) is 18.8. The molecule has 138 valence electrons. The zero-order valence-corrected chi connectivity index (χ0v) is 15.2. The molecular formula is C20H25N3O3. The summed E-state index contributed by atoms with van der Waals surface area (Å²) in [6, 6.07) is 16.4. The maximum Gasteiger partial charge on any atom is 0.319 e. The second kappa shape index (κ2) is 10.1. The van der Waals surface area contributed by atoms with Gasteiger partial charge in [-0.2, -0.15) is 0 Å². The van der Waals surface area contributed by atoms with Gasteiger partial charge in [0.15, 0.2) is 0 Å². The van der Waals surface area contributed by atoms with E-state index in [9.17, 15) is 9.59 Å². The van der Waals surface area contributed by atoms with Gasteiger partial charge in [-0.05, 0) is 43.7 Å². The number of rotatable bonds is 8. The summed E-state index contributed by atoms with van der Waals surface area (Å²) in [5, 5.41) is 5.30. The zero-order valence-electron chi connectivity index (χ0n) is 15.2. The Morgan fingerprint density at radius 3 is 2.31 bits per heavy atom. The van der Waals surface area contributed by atoms with Crippen LogP contribution in [-0.2, 0) is 11.3 Å². The summed E-state index contributed by atoms with van der Waals surface area (Å²) in [4.78, 5) is 26.0. The van der Waals surface area contributed by atoms with E-state index in [0.29, 0.717) is 25.4 Å². The Kier molecular flexibility index (Phi) is 7.49. The quantitative estimate of drug-likeness (QED) is 0.763. The van der Waals surface area contributed by atoms with Crippen molar-refractivity contribution in [2.75, 3.05) is 25.0 Å². The van der Waals surface area contributed by atoms with Crippen LogP contribution in [0.3, 0.4) is 0 Å². The van der Waals surface area contributed by atoms with Gasteiger partial charge < -0.3 is 20.3 Å². The van der Waals surface area contributed by atoms with E-state index in [-0.39, 0.29) is 12.5 Å². The summed E-state index contributed by atoms with van der Waals surface area (Å²) < 4.78 is 5.35. The van der Waals surface area contributed by atoms with Gasteiger partial charge in [0.05, 0.1) is 13.2 Å². The average molecular weight is 355 g/mol. The van der Waals surface area contributed by atoms with Gasteiger partial charge in [0.2, 0.25) is 5.91 Å². The van der Waals surface area contributed by atoms with Crippen molar-refractivity contribution in [1.82, 2.24) is 10.2 Å². The fraction of sp³-hybridized carbons (Fsp3) is 0.300. The molecule has 26 heavy (non-hydrogen) atoms. The predicted molar refractivity (Wildman–Crippen MR) is 102 cm³/mol. The van der Waals surface area contributed by atoms with Crippen molar-refractivity contribution in [2.24, 2.45) is 0 Å². The van der Waals surface area contributed by atoms with Gasteiger partial charge in [-0.25, -0.2) is 4.79 Å². The molecule has 6 nitrogen and oxygen atoms in total. The smallest absolute Gasteiger partial charge is 0.319 e. The lowest BCUT2D eigenvalue weighted by Crippen LogP contribution is -2.41. The Hall–Kier alpha value is -3.02. The monoisotopic (exact) mass is 355 g/mol. The Labute approximate surface area is 154 Å². The predicted octanol–water partition coefficient (Wildman–Crippen LogP) is 3.26. The van der Waals surface area contributed by atoms with E-state index in [1.807, 2.05) is 44.2 Å². The van der Waals surface area contributed by atoms with E-state index >= 15 is 0 Å². The second-order valence-corrected chi connectivity index (χ2v) is 5.66. The first-order valence-electron chi connectivity index (χ1n) is 8.71. The molecule has 0 saturated heterocycles. The van der Waals surface area contributed by atoms with Crippen molar-refractivity contribution >= 4 is 17.6 Å². The molecule has 0 bridgehead atoms. The van der Waals surface area contributed by atoms with Gasteiger partial charge in [0.1, 0.15) is 5.75 Å². The fourth-order valence-electron chi connectivity index (χ4n) is 2.42. The molecule has 0 aromatic heterocycles. The minimum Gasteiger partial charge on any atom is -0.494 e. The number of urea groups is 1. The number of hydrogen-bond acceptors (Lipinski definition) is 3. The highest BCUT2D eigenvalue weighted by Crippen LogP contribution is 2.15. The molecule has 0 radical (unpaired) electrons. The number of nitrogens with zero attached hydrogens (tertiary/aromatic N) is 1. The molecule has 0 unspecified atom stereocenters. The molecule has 6 heteroatoms. The van der Waals surface area contributed by atoms with Crippen LogP contribution in [0.1, 0.15) is 19.4 Å². The summed E-state index contributed by atoms with van der Waals surface area (Å²) in [7, 11) is 0. The lowest BCUT2D eigenvalue weighted by atomic mass is 10.2. The number of hydrogen-bond donors (Lipinski definition) is 2. The van der Waals surface area contributed by atoms with Gasteiger partial charge in [-0.3, -0.25) is 4.79 Å². The molecule has 2 aromatic rings. The van der Waals surface area contributed by atoms with Crippen LogP contribution in [0.5, 0.6) is 5.75 Å². The SMILES string of the molecule is CCOc1ccc(NC(=O)NCC(=O)N(CC)Cc2ccccc2)cc1. The van der Waals surface area contributed by atoms with Crippen molar-refractivity contribution in [3.63, 3.8) is 0 Å². The maximum absolute atomic E-state index is 12.3. The largest absolute Gasteiger partial charge is 0.494 e. The van der Waals surface area contributed by atoms with Gasteiger partial charge in [-0.1, -0.05) is 30.3 Å². The summed E-state index contributed by atoms with van der Waals surface area (Å²) in [6.45, 7) is 5.47. The minimum atomic E-state index is -0.418. The third kappa shape index (κ3) is 6.12. The van der Waals surface area contributed by atoms with Crippen molar-refractivity contribution < 1.29 is 14.3 Å². The Morgan fingerprint density at radius 2 is 1.69 bits per heavy atom. The topological polar surface area (TPSA) is 70.7 Å². The van der Waals surface area contributed by atoms with E-state index in [0.717, 1.165) is 11.3 Å². The summed E-state index contributed by atoms with van der Waals surface area (Å²) in [5.41, 5.74) is 1.69. The summed E-state index contributed by atoms with van der Waals surface area (Å²) >= 11 is 0. The Morgan fingerprint density at radius 1 is 1.00 bits per heavy atom. The van der Waals surface area contributed by atoms with Gasteiger partial charge in [-0.15, -0.1) is 0 Å². The van der Waals surface area contributed by atoms with Crippen LogP contribution < -0.4 is 15.4 Å². The highest BCUT2D eigenvalue weighted by molar-refractivity contribution is 5.92. The van der Waals surface area contributed by atoms with E-state index in [2.05, 4.69) is 10.6 Å². The number of carbonyl (C=O) groups excluding carboxylic acids is 2. The summed E-state index contributed by atoms with van der Waals surface area (Å²) in [5.74, 6) is 0.617. The van der Waals surface area contributed by atoms with Crippen LogP contribution in [-0.4, -0.2) is 36.5 Å². The third-order valence-corrected chi connectivity index (χ3v) is 3.77. The van der Waals surface area contributed by atoms with Crippen LogP contribution in [0.2, 0.25) is 0 Å².